The molecule has 0 aliphatic carbocycles. The number of hydrogen-bond acceptors (Lipinski definition) is 7. The lowest BCUT2D eigenvalue weighted by Crippen LogP contribution is -2.19. The monoisotopic (exact) mass is 495 g/mol. The molecule has 9 nitrogen and oxygen atoms in total. The van der Waals surface area contributed by atoms with Crippen LogP contribution in [-0.4, -0.2) is 21.8 Å². The highest BCUT2D eigenvalue weighted by atomic mass is 19.4. The highest BCUT2D eigenvalue weighted by Gasteiger charge is 2.35. The number of hydrogen-bond donors (Lipinski definition) is 2. The Bertz CT molecular complexity index is 1480. The maximum atomic E-state index is 13.8. The lowest BCUT2D eigenvalue weighted by molar-refractivity contribution is -0.136. The van der Waals surface area contributed by atoms with Gasteiger partial charge in [-0.2, -0.15) is 13.2 Å². The van der Waals surface area contributed by atoms with Gasteiger partial charge in [0.15, 0.2) is 0 Å². The number of carbonyl (C=O) groups excluding carboxylic acids is 2. The molecule has 4 aromatic rings. The molecular formula is C24H16F3N5O4. The van der Waals surface area contributed by atoms with Crippen LogP contribution in [0.15, 0.2) is 70.5 Å². The number of anilines is 1. The minimum Gasteiger partial charge on any atom is -0.459 e. The van der Waals surface area contributed by atoms with Crippen LogP contribution in [0.4, 0.5) is 19.0 Å². The zero-order valence-corrected chi connectivity index (χ0v) is 18.2. The van der Waals surface area contributed by atoms with Gasteiger partial charge < -0.3 is 15.5 Å². The molecule has 0 bridgehead atoms. The molecule has 1 aromatic carbocycles. The number of nitrogens with one attached hydrogen (secondary N) is 1. The van der Waals surface area contributed by atoms with Crippen molar-refractivity contribution in [1.29, 1.82) is 0 Å². The lowest BCUT2D eigenvalue weighted by atomic mass is 10.0. The van der Waals surface area contributed by atoms with Crippen molar-refractivity contribution in [3.05, 3.63) is 88.3 Å². The predicted octanol–water partition coefficient (Wildman–Crippen LogP) is 4.73. The third kappa shape index (κ3) is 5.43. The number of amides is 2. The van der Waals surface area contributed by atoms with E-state index in [1.807, 2.05) is 0 Å². The number of nitrogens with zero attached hydrogens (tertiary/aromatic N) is 3. The molecule has 0 aliphatic heterocycles. The van der Waals surface area contributed by atoms with Gasteiger partial charge in [0, 0.05) is 34.6 Å². The first-order valence-corrected chi connectivity index (χ1v) is 10.3. The number of pyridine rings is 2. The minimum absolute atomic E-state index is 0.0890. The number of nitrogens with two attached hydrogens (primary N) is 1. The largest absolute Gasteiger partial charge is 0.459 e. The van der Waals surface area contributed by atoms with E-state index >= 15 is 0 Å². The molecule has 0 atom stereocenters. The van der Waals surface area contributed by atoms with Crippen molar-refractivity contribution < 1.29 is 27.2 Å². The van der Waals surface area contributed by atoms with Crippen LogP contribution in [0.1, 0.15) is 27.2 Å². The fourth-order valence-corrected chi connectivity index (χ4v) is 3.32. The van der Waals surface area contributed by atoms with Gasteiger partial charge in [-0.25, -0.2) is 4.98 Å². The molecule has 12 heteroatoms. The summed E-state index contributed by atoms with van der Waals surface area (Å²) >= 11 is 0. The van der Waals surface area contributed by atoms with E-state index < -0.39 is 29.1 Å². The molecule has 4 rings (SSSR count). The van der Waals surface area contributed by atoms with E-state index in [-0.39, 0.29) is 34.5 Å². The van der Waals surface area contributed by atoms with Gasteiger partial charge in [-0.05, 0) is 54.1 Å². The van der Waals surface area contributed by atoms with Gasteiger partial charge in [-0.3, -0.25) is 14.6 Å². The zero-order valence-electron chi connectivity index (χ0n) is 18.2. The third-order valence-corrected chi connectivity index (χ3v) is 5.04. The molecule has 0 saturated carbocycles. The molecule has 0 unspecified atom stereocenters. The molecule has 0 aliphatic rings. The summed E-state index contributed by atoms with van der Waals surface area (Å²) in [6, 6.07) is 9.49. The van der Waals surface area contributed by atoms with Crippen molar-refractivity contribution in [2.75, 3.05) is 5.73 Å². The first-order chi connectivity index (χ1) is 17.1. The Hall–Kier alpha value is -4.87. The SMILES string of the molecule is Nc1ccc(/C=C/C(=O)NCc2cc3cc(-c4ccc(C(=O)N=O)cn4)cc(C(F)(F)F)c3o2)cn1. The number of carbonyl (C=O) groups is 2. The summed E-state index contributed by atoms with van der Waals surface area (Å²) in [6.45, 7) is -0.155. The number of alkyl halides is 3. The summed E-state index contributed by atoms with van der Waals surface area (Å²) < 4.78 is 46.7. The van der Waals surface area contributed by atoms with Crippen molar-refractivity contribution in [2.24, 2.45) is 5.18 Å². The third-order valence-electron chi connectivity index (χ3n) is 5.04. The molecule has 182 valence electrons. The summed E-state index contributed by atoms with van der Waals surface area (Å²) in [7, 11) is 0. The normalized spacial score (nSPS) is 11.6. The van der Waals surface area contributed by atoms with Crippen LogP contribution in [-0.2, 0) is 17.5 Å². The van der Waals surface area contributed by atoms with E-state index in [1.165, 1.54) is 42.6 Å². The summed E-state index contributed by atoms with van der Waals surface area (Å²) in [6.07, 6.45) is 0.551. The Balaban J connectivity index is 1.57. The minimum atomic E-state index is -4.74. The second-order valence-electron chi connectivity index (χ2n) is 7.55. The lowest BCUT2D eigenvalue weighted by Gasteiger charge is -2.10. The second kappa shape index (κ2) is 9.78. The summed E-state index contributed by atoms with van der Waals surface area (Å²) in [5.74, 6) is -1.09. The van der Waals surface area contributed by atoms with Gasteiger partial charge in [0.1, 0.15) is 17.2 Å². The van der Waals surface area contributed by atoms with Crippen LogP contribution in [0.2, 0.25) is 0 Å². The highest BCUT2D eigenvalue weighted by Crippen LogP contribution is 2.39. The quantitative estimate of drug-likeness (QED) is 0.291. The molecule has 0 spiro atoms. The summed E-state index contributed by atoms with van der Waals surface area (Å²) in [5, 5.41) is 4.97. The average molecular weight is 495 g/mol. The topological polar surface area (TPSA) is 141 Å². The van der Waals surface area contributed by atoms with E-state index in [0.29, 0.717) is 11.4 Å². The van der Waals surface area contributed by atoms with Crippen molar-refractivity contribution in [2.45, 2.75) is 12.7 Å². The van der Waals surface area contributed by atoms with Crippen LogP contribution < -0.4 is 11.1 Å². The Morgan fingerprint density at radius 2 is 1.89 bits per heavy atom. The van der Waals surface area contributed by atoms with Crippen molar-refractivity contribution in [3.63, 3.8) is 0 Å². The number of nitroso groups, excluding NO2 is 1. The summed E-state index contributed by atoms with van der Waals surface area (Å²) in [5.41, 5.74) is 4.89. The number of rotatable bonds is 6. The van der Waals surface area contributed by atoms with Crippen molar-refractivity contribution in [1.82, 2.24) is 15.3 Å². The van der Waals surface area contributed by atoms with Crippen LogP contribution in [0.3, 0.4) is 0 Å². The Morgan fingerprint density at radius 1 is 1.08 bits per heavy atom. The van der Waals surface area contributed by atoms with E-state index in [2.05, 4.69) is 20.5 Å². The van der Waals surface area contributed by atoms with Crippen LogP contribution >= 0.6 is 0 Å². The molecule has 0 radical (unpaired) electrons. The molecule has 0 saturated heterocycles. The standard InChI is InChI=1S/C24H16F3N5O4/c25-24(26,27)18-9-15(19-4-3-14(11-29-19)23(34)32-35)7-16-8-17(36-22(16)18)12-31-21(33)6-2-13-1-5-20(28)30-10-13/h1-11H,12H2,(H2,28,30)(H,31,33)/b6-2+. The smallest absolute Gasteiger partial charge is 0.420 e. The first-order valence-electron chi connectivity index (χ1n) is 10.3. The number of benzene rings is 1. The fourth-order valence-electron chi connectivity index (χ4n) is 3.32. The molecule has 0 fully saturated rings. The van der Waals surface area contributed by atoms with Gasteiger partial charge in [0.25, 0.3) is 0 Å². The summed E-state index contributed by atoms with van der Waals surface area (Å²) in [4.78, 5) is 41.7. The molecular weight excluding hydrogens is 479 g/mol. The number of fused-ring (bicyclic) bond motifs is 1. The van der Waals surface area contributed by atoms with E-state index in [9.17, 15) is 27.7 Å². The van der Waals surface area contributed by atoms with Gasteiger partial charge in [-0.15, -0.1) is 4.91 Å². The van der Waals surface area contributed by atoms with E-state index in [1.54, 1.807) is 12.1 Å². The van der Waals surface area contributed by atoms with Gasteiger partial charge in [0.2, 0.25) is 5.91 Å². The maximum absolute atomic E-state index is 13.8. The van der Waals surface area contributed by atoms with Crippen LogP contribution in [0.25, 0.3) is 28.3 Å². The van der Waals surface area contributed by atoms with Crippen LogP contribution in [0, 0.1) is 4.91 Å². The Kier molecular flexibility index (Phi) is 6.59. The fraction of sp³-hybridized carbons (Fsp3) is 0.0833. The van der Waals surface area contributed by atoms with Gasteiger partial charge in [0.05, 0.1) is 23.4 Å². The highest BCUT2D eigenvalue weighted by molar-refractivity contribution is 5.95. The van der Waals surface area contributed by atoms with Crippen molar-refractivity contribution in [3.8, 4) is 11.3 Å². The van der Waals surface area contributed by atoms with Crippen LogP contribution in [0.5, 0.6) is 0 Å². The van der Waals surface area contributed by atoms with Gasteiger partial charge in [-0.1, -0.05) is 0 Å². The number of halogens is 3. The first kappa shape index (κ1) is 24.3. The Labute approximate surface area is 200 Å². The van der Waals surface area contributed by atoms with Gasteiger partial charge >= 0.3 is 12.1 Å². The predicted molar refractivity (Wildman–Crippen MR) is 124 cm³/mol. The second-order valence-corrected chi connectivity index (χ2v) is 7.55. The van der Waals surface area contributed by atoms with E-state index in [0.717, 1.165) is 12.3 Å². The number of aromatic nitrogens is 2. The van der Waals surface area contributed by atoms with E-state index in [4.69, 9.17) is 10.2 Å². The number of furan rings is 1. The Morgan fingerprint density at radius 3 is 2.53 bits per heavy atom. The number of nitrogen functional groups attached to an aromatic ring is 1. The molecule has 3 heterocycles. The molecule has 2 amide bonds. The van der Waals surface area contributed by atoms with Crippen molar-refractivity contribution >= 4 is 34.7 Å². The average Bonchev–Trinajstić information content (AvgIpc) is 3.28. The molecule has 3 aromatic heterocycles. The zero-order chi connectivity index (χ0) is 25.9. The molecule has 3 N–H and O–H groups in total. The maximum Gasteiger partial charge on any atom is 0.420 e. The molecule has 36 heavy (non-hydrogen) atoms.